The van der Waals surface area contributed by atoms with Crippen molar-refractivity contribution in [1.29, 1.82) is 5.26 Å². The Labute approximate surface area is 205 Å². The maximum atomic E-state index is 10.9. The fraction of sp³-hybridized carbons (Fsp3) is 0.529. The van der Waals surface area contributed by atoms with Crippen LogP contribution in [0, 0.1) is 23.2 Å². The van der Waals surface area contributed by atoms with Gasteiger partial charge in [-0.2, -0.15) is 5.26 Å². The van der Waals surface area contributed by atoms with Crippen molar-refractivity contribution < 1.29 is 33.8 Å². The Kier molecular flexibility index (Phi) is 9.57. The molecule has 2 aromatic heterocycles. The molecule has 3 rings (SSSR count). The minimum atomic E-state index is -4.78. The number of nitriles is 1. The topological polar surface area (TPSA) is 210 Å². The van der Waals surface area contributed by atoms with E-state index in [0.29, 0.717) is 12.8 Å². The van der Waals surface area contributed by atoms with Crippen LogP contribution >= 0.6 is 7.82 Å². The van der Waals surface area contributed by atoms with Crippen LogP contribution in [0.25, 0.3) is 11.2 Å². The third kappa shape index (κ3) is 6.47. The number of rotatable bonds is 7. The third-order valence-electron chi connectivity index (χ3n) is 4.51. The number of hydrogen-bond acceptors (Lipinski definition) is 10. The molecular formula is C17H22N6NaO7P. The molecule has 32 heavy (non-hydrogen) atoms. The summed E-state index contributed by atoms with van der Waals surface area (Å²) in [6.07, 6.45) is -1.47. The molecule has 4 atom stereocenters. The van der Waals surface area contributed by atoms with E-state index in [9.17, 15) is 14.8 Å². The summed E-state index contributed by atoms with van der Waals surface area (Å²) in [5.74, 6) is 5.89. The Morgan fingerprint density at radius 2 is 1.97 bits per heavy atom. The number of unbranched alkanes of at least 4 members (excludes halogenated alkanes) is 3. The normalized spacial score (nSPS) is 22.7. The molecular weight excluding hydrogens is 454 g/mol. The van der Waals surface area contributed by atoms with Crippen LogP contribution < -0.4 is 5.73 Å². The van der Waals surface area contributed by atoms with Crippen molar-refractivity contribution in [2.24, 2.45) is 0 Å². The first kappa shape index (κ1) is 26.6. The van der Waals surface area contributed by atoms with Crippen LogP contribution in [-0.4, -0.2) is 94.0 Å². The Balaban J connectivity index is 0.00000363. The van der Waals surface area contributed by atoms with Gasteiger partial charge in [0.05, 0.1) is 19.0 Å². The van der Waals surface area contributed by atoms with E-state index in [2.05, 4.69) is 37.4 Å². The van der Waals surface area contributed by atoms with Gasteiger partial charge in [0.25, 0.3) is 0 Å². The Morgan fingerprint density at radius 3 is 2.66 bits per heavy atom. The Bertz CT molecular complexity index is 1090. The average Bonchev–Trinajstić information content (AvgIpc) is 3.24. The number of hydrogen-bond donors (Lipinski definition) is 5. The summed E-state index contributed by atoms with van der Waals surface area (Å²) in [5, 5.41) is 29.1. The van der Waals surface area contributed by atoms with Crippen LogP contribution in [0.2, 0.25) is 0 Å². The van der Waals surface area contributed by atoms with Crippen molar-refractivity contribution in [2.45, 2.75) is 50.2 Å². The summed E-state index contributed by atoms with van der Waals surface area (Å²) in [6, 6.07) is 2.06. The van der Waals surface area contributed by atoms with E-state index in [1.54, 1.807) is 0 Å². The number of phosphoric ester groups is 1. The number of nitrogens with two attached hydrogens (primary N) is 1. The van der Waals surface area contributed by atoms with Gasteiger partial charge in [-0.05, 0) is 18.8 Å². The predicted molar refractivity (Wildman–Crippen MR) is 112 cm³/mol. The zero-order valence-electron chi connectivity index (χ0n) is 16.2. The van der Waals surface area contributed by atoms with Crippen LogP contribution in [0.4, 0.5) is 5.82 Å². The van der Waals surface area contributed by atoms with E-state index in [4.69, 9.17) is 25.5 Å². The number of nitrogens with zero attached hydrogens (tertiary/aromatic N) is 5. The van der Waals surface area contributed by atoms with E-state index < -0.39 is 39.0 Å². The van der Waals surface area contributed by atoms with Gasteiger partial charge >= 0.3 is 37.4 Å². The van der Waals surface area contributed by atoms with Gasteiger partial charge in [0, 0.05) is 12.8 Å². The standard InChI is InChI=1S/C17H21N6O7P.Na.H/c18-7-5-3-1-2-4-6-11-21-15(19)12-16(22-11)23(9-20-12)17-14(25)13(24)10(30-17)8-29-31(26,27)28;;/h9-10,13-14,17,24-25H,1-3,5,8H2,(H2,19,21,22)(H2,26,27,28);;/t10-,13-,14-,17-;;/m1../s1. The number of phosphoric acid groups is 1. The van der Waals surface area contributed by atoms with Crippen LogP contribution in [-0.2, 0) is 13.8 Å². The second kappa shape index (κ2) is 11.5. The van der Waals surface area contributed by atoms with Crippen molar-refractivity contribution in [1.82, 2.24) is 19.5 Å². The molecule has 6 N–H and O–H groups in total. The number of nitrogen functional groups attached to an aromatic ring is 1. The first-order valence-corrected chi connectivity index (χ1v) is 10.8. The summed E-state index contributed by atoms with van der Waals surface area (Å²) in [4.78, 5) is 30.2. The molecule has 0 aliphatic carbocycles. The zero-order valence-corrected chi connectivity index (χ0v) is 17.1. The minimum absolute atomic E-state index is 0. The summed E-state index contributed by atoms with van der Waals surface area (Å²) >= 11 is 0. The fourth-order valence-electron chi connectivity index (χ4n) is 3.01. The molecule has 0 amide bonds. The monoisotopic (exact) mass is 476 g/mol. The van der Waals surface area contributed by atoms with Gasteiger partial charge < -0.3 is 30.5 Å². The number of imidazole rings is 1. The van der Waals surface area contributed by atoms with Crippen molar-refractivity contribution >= 4 is 54.4 Å². The van der Waals surface area contributed by atoms with Gasteiger partial charge in [0.15, 0.2) is 17.7 Å². The number of anilines is 1. The van der Waals surface area contributed by atoms with Gasteiger partial charge in [0.2, 0.25) is 5.82 Å². The SMILES string of the molecule is N#CCCCCC#Cc1nc(N)c2ncn([C@@H]3O[C@H](COP(=O)(O)O)[C@@H](O)[C@H]3O)c2n1.[NaH]. The molecule has 0 radical (unpaired) electrons. The van der Waals surface area contributed by atoms with Crippen molar-refractivity contribution in [3.05, 3.63) is 12.2 Å². The van der Waals surface area contributed by atoms with Crippen molar-refractivity contribution in [2.75, 3.05) is 12.3 Å². The van der Waals surface area contributed by atoms with Gasteiger partial charge in [-0.25, -0.2) is 19.5 Å². The Morgan fingerprint density at radius 1 is 1.25 bits per heavy atom. The van der Waals surface area contributed by atoms with E-state index in [0.717, 1.165) is 12.8 Å². The summed E-state index contributed by atoms with van der Waals surface area (Å²) in [5.41, 5.74) is 6.37. The second-order valence-corrected chi connectivity index (χ2v) is 8.00. The molecule has 0 spiro atoms. The number of aliphatic hydroxyl groups excluding tert-OH is 2. The van der Waals surface area contributed by atoms with Crippen molar-refractivity contribution in [3.63, 3.8) is 0 Å². The maximum absolute atomic E-state index is 10.9. The second-order valence-electron chi connectivity index (χ2n) is 6.76. The summed E-state index contributed by atoms with van der Waals surface area (Å²) < 4.78 is 22.1. The molecule has 2 aromatic rings. The number of aliphatic hydroxyl groups is 2. The molecule has 0 bridgehead atoms. The van der Waals surface area contributed by atoms with Crippen LogP contribution in [0.3, 0.4) is 0 Å². The first-order valence-electron chi connectivity index (χ1n) is 9.29. The molecule has 1 fully saturated rings. The van der Waals surface area contributed by atoms with Crippen LogP contribution in [0.1, 0.15) is 37.7 Å². The molecule has 0 saturated carbocycles. The average molecular weight is 476 g/mol. The van der Waals surface area contributed by atoms with Gasteiger partial charge in [-0.1, -0.05) is 5.92 Å². The van der Waals surface area contributed by atoms with Gasteiger partial charge in [-0.15, -0.1) is 0 Å². The fourth-order valence-corrected chi connectivity index (χ4v) is 3.35. The van der Waals surface area contributed by atoms with Crippen LogP contribution in [0.15, 0.2) is 6.33 Å². The number of aromatic nitrogens is 4. The van der Waals surface area contributed by atoms with E-state index >= 15 is 0 Å². The molecule has 1 aliphatic rings. The molecule has 13 nitrogen and oxygen atoms in total. The quantitative estimate of drug-likeness (QED) is 0.140. The van der Waals surface area contributed by atoms with Crippen molar-refractivity contribution in [3.8, 4) is 17.9 Å². The summed E-state index contributed by atoms with van der Waals surface area (Å²) in [7, 11) is -4.78. The summed E-state index contributed by atoms with van der Waals surface area (Å²) in [6.45, 7) is -0.634. The van der Waals surface area contributed by atoms with E-state index in [1.165, 1.54) is 10.9 Å². The third-order valence-corrected chi connectivity index (χ3v) is 4.99. The molecule has 0 aromatic carbocycles. The molecule has 0 unspecified atom stereocenters. The van der Waals surface area contributed by atoms with Gasteiger partial charge in [-0.3, -0.25) is 9.09 Å². The number of ether oxygens (including phenoxy) is 1. The first-order chi connectivity index (χ1) is 14.7. The Hall–Kier alpha value is -1.61. The molecule has 3 heterocycles. The molecule has 1 saturated heterocycles. The zero-order chi connectivity index (χ0) is 22.6. The molecule has 15 heteroatoms. The van der Waals surface area contributed by atoms with Gasteiger partial charge in [0.1, 0.15) is 23.8 Å². The van der Waals surface area contributed by atoms with E-state index in [1.807, 2.05) is 0 Å². The number of fused-ring (bicyclic) bond motifs is 1. The van der Waals surface area contributed by atoms with Crippen LogP contribution in [0.5, 0.6) is 0 Å². The predicted octanol–water partition coefficient (Wildman–Crippen LogP) is -1.08. The molecule has 168 valence electrons. The van der Waals surface area contributed by atoms with E-state index in [-0.39, 0.29) is 52.4 Å². The molecule has 1 aliphatic heterocycles.